The summed E-state index contributed by atoms with van der Waals surface area (Å²) in [5, 5.41) is 2.09. The van der Waals surface area contributed by atoms with Gasteiger partial charge in [-0.2, -0.15) is 0 Å². The van der Waals surface area contributed by atoms with Crippen LogP contribution in [0.3, 0.4) is 0 Å². The van der Waals surface area contributed by atoms with Crippen molar-refractivity contribution in [2.75, 3.05) is 18.4 Å². The van der Waals surface area contributed by atoms with Crippen LogP contribution in [0.1, 0.15) is 38.3 Å². The molecule has 2 aromatic carbocycles. The molecule has 0 spiro atoms. The number of carbonyl (C=O) groups excluding carboxylic acids is 2. The van der Waals surface area contributed by atoms with Gasteiger partial charge in [-0.25, -0.2) is 8.78 Å². The average molecular weight is 490 g/mol. The fraction of sp³-hybridized carbons (Fsp3) is 0.240. The van der Waals surface area contributed by atoms with Crippen LogP contribution >= 0.6 is 0 Å². The van der Waals surface area contributed by atoms with E-state index in [4.69, 9.17) is 10.5 Å². The molecule has 0 saturated carbocycles. The maximum Gasteiger partial charge on any atom is 0.261 e. The van der Waals surface area contributed by atoms with Gasteiger partial charge in [0, 0.05) is 37.0 Å². The number of aromatic nitrogens is 1. The van der Waals surface area contributed by atoms with Crippen molar-refractivity contribution in [2.45, 2.75) is 24.3 Å². The third-order valence-corrected chi connectivity index (χ3v) is 6.06. The lowest BCUT2D eigenvalue weighted by atomic mass is 9.61. The number of carbonyl (C=O) groups is 2. The van der Waals surface area contributed by atoms with E-state index in [1.54, 1.807) is 35.2 Å². The van der Waals surface area contributed by atoms with Crippen molar-refractivity contribution in [3.05, 3.63) is 89.2 Å². The van der Waals surface area contributed by atoms with E-state index in [-0.39, 0.29) is 24.4 Å². The predicted molar refractivity (Wildman–Crippen MR) is 138 cm³/mol. The molecule has 0 atom stereocenters. The van der Waals surface area contributed by atoms with Crippen molar-refractivity contribution < 1.29 is 23.1 Å². The Bertz CT molecular complexity index is 1270. The first kappa shape index (κ1) is 25.4. The number of primary amides is 1. The number of likely N-dealkylation sites (tertiary alicyclic amines) is 1. The maximum absolute atomic E-state index is 13.4. The van der Waals surface area contributed by atoms with E-state index in [0.29, 0.717) is 30.1 Å². The number of halogens is 2. The van der Waals surface area contributed by atoms with Gasteiger partial charge in [0.15, 0.2) is 15.7 Å². The highest BCUT2D eigenvalue weighted by Gasteiger charge is 2.37. The molecule has 0 radical (unpaired) electrons. The topological polar surface area (TPSA) is 97.5 Å². The van der Waals surface area contributed by atoms with Crippen molar-refractivity contribution in [3.8, 4) is 5.75 Å². The molecule has 1 fully saturated rings. The van der Waals surface area contributed by atoms with Crippen LogP contribution in [0, 0.1) is 0 Å². The Morgan fingerprint density at radius 2 is 1.86 bits per heavy atom. The number of pyridine rings is 1. The van der Waals surface area contributed by atoms with E-state index in [2.05, 4.69) is 10.3 Å². The first-order valence-corrected chi connectivity index (χ1v) is 11.6. The molecule has 0 bridgehead atoms. The number of benzene rings is 2. The van der Waals surface area contributed by atoms with Crippen molar-refractivity contribution in [3.63, 3.8) is 0 Å². The Labute approximate surface area is 209 Å². The summed E-state index contributed by atoms with van der Waals surface area (Å²) in [7, 11) is 3.72. The largest absolute Gasteiger partial charge is 0.499 e. The summed E-state index contributed by atoms with van der Waals surface area (Å²) in [5.74, 6) is -3.12. The lowest BCUT2D eigenvalue weighted by Gasteiger charge is -2.28. The number of nitrogens with zero attached hydrogens (tertiary/aromatic N) is 2. The van der Waals surface area contributed by atoms with E-state index < -0.39 is 17.2 Å². The number of hydrogen-bond acceptors (Lipinski definition) is 5. The molecule has 1 aliphatic rings. The molecular weight excluding hydrogens is 464 g/mol. The quantitative estimate of drug-likeness (QED) is 0.469. The van der Waals surface area contributed by atoms with E-state index in [1.807, 2.05) is 33.9 Å². The zero-order chi connectivity index (χ0) is 25.9. The number of rotatable bonds is 8. The van der Waals surface area contributed by atoms with Crippen molar-refractivity contribution in [2.24, 2.45) is 5.73 Å². The molecule has 4 rings (SSSR count). The second-order valence-electron chi connectivity index (χ2n) is 9.43. The SMILES string of the molecule is BC(B)(Oc1cncc(C(N)=O)c1)c1cccc(NC(=O)c2ccc(CN3CCC(F)(F)C3)cc2)c1. The lowest BCUT2D eigenvalue weighted by molar-refractivity contribution is 0.0115. The molecule has 2 heterocycles. The van der Waals surface area contributed by atoms with Gasteiger partial charge < -0.3 is 15.8 Å². The summed E-state index contributed by atoms with van der Waals surface area (Å²) in [6.45, 7) is 0.546. The molecule has 1 aliphatic heterocycles. The number of hydrogen-bond donors (Lipinski definition) is 2. The summed E-state index contributed by atoms with van der Waals surface area (Å²) < 4.78 is 32.9. The van der Waals surface area contributed by atoms with Crippen molar-refractivity contribution in [1.82, 2.24) is 9.88 Å². The summed E-state index contributed by atoms with van der Waals surface area (Å²) in [4.78, 5) is 29.9. The van der Waals surface area contributed by atoms with Gasteiger partial charge >= 0.3 is 0 Å². The Kier molecular flexibility index (Phi) is 7.12. The number of amides is 2. The predicted octanol–water partition coefficient (Wildman–Crippen LogP) is 1.73. The van der Waals surface area contributed by atoms with Gasteiger partial charge in [-0.05, 0) is 41.5 Å². The molecule has 184 valence electrons. The molecule has 0 aliphatic carbocycles. The number of nitrogens with two attached hydrogens (primary N) is 1. The molecule has 0 unspecified atom stereocenters. The summed E-state index contributed by atoms with van der Waals surface area (Å²) in [5.41, 5.74) is 8.28. The average Bonchev–Trinajstić information content (AvgIpc) is 3.17. The first-order valence-electron chi connectivity index (χ1n) is 11.6. The number of nitrogens with one attached hydrogen (secondary N) is 1. The van der Waals surface area contributed by atoms with E-state index in [1.165, 1.54) is 18.5 Å². The highest BCUT2D eigenvalue weighted by Crippen LogP contribution is 2.28. The van der Waals surface area contributed by atoms with Crippen LogP contribution in [0.15, 0.2) is 67.0 Å². The molecule has 36 heavy (non-hydrogen) atoms. The fourth-order valence-corrected chi connectivity index (χ4v) is 4.10. The van der Waals surface area contributed by atoms with Crippen molar-refractivity contribution >= 4 is 33.2 Å². The van der Waals surface area contributed by atoms with Crippen LogP contribution < -0.4 is 15.8 Å². The van der Waals surface area contributed by atoms with Crippen LogP contribution in [0.2, 0.25) is 0 Å². The van der Waals surface area contributed by atoms with Gasteiger partial charge in [-0.3, -0.25) is 19.5 Å². The van der Waals surface area contributed by atoms with Gasteiger partial charge in [-0.1, -0.05) is 24.3 Å². The fourth-order valence-electron chi connectivity index (χ4n) is 4.10. The Hall–Kier alpha value is -3.72. The third kappa shape index (κ3) is 6.28. The smallest absolute Gasteiger partial charge is 0.261 e. The number of anilines is 1. The lowest BCUT2D eigenvalue weighted by Crippen LogP contribution is -2.34. The zero-order valence-electron chi connectivity index (χ0n) is 20.1. The van der Waals surface area contributed by atoms with Crippen LogP contribution in [0.25, 0.3) is 0 Å². The summed E-state index contributed by atoms with van der Waals surface area (Å²) >= 11 is 0. The van der Waals surface area contributed by atoms with Gasteiger partial charge in [0.05, 0.1) is 23.7 Å². The highest BCUT2D eigenvalue weighted by molar-refractivity contribution is 6.39. The van der Waals surface area contributed by atoms with E-state index in [9.17, 15) is 18.4 Å². The molecular formula is C25H26B2F2N4O3. The van der Waals surface area contributed by atoms with Crippen molar-refractivity contribution in [1.29, 1.82) is 0 Å². The van der Waals surface area contributed by atoms with Crippen LogP contribution in [-0.4, -0.2) is 56.4 Å². The molecule has 1 aromatic heterocycles. The van der Waals surface area contributed by atoms with Crippen LogP contribution in [0.5, 0.6) is 5.75 Å². The summed E-state index contributed by atoms with van der Waals surface area (Å²) in [6.07, 6.45) is 2.75. The van der Waals surface area contributed by atoms with Crippen LogP contribution in [0.4, 0.5) is 14.5 Å². The summed E-state index contributed by atoms with van der Waals surface area (Å²) in [6, 6.07) is 15.7. The monoisotopic (exact) mass is 490 g/mol. The zero-order valence-corrected chi connectivity index (χ0v) is 20.1. The second-order valence-corrected chi connectivity index (χ2v) is 9.43. The molecule has 2 amide bonds. The van der Waals surface area contributed by atoms with Crippen LogP contribution in [-0.2, 0) is 11.9 Å². The van der Waals surface area contributed by atoms with Gasteiger partial charge in [-0.15, -0.1) is 0 Å². The van der Waals surface area contributed by atoms with Gasteiger partial charge in [0.2, 0.25) is 5.91 Å². The normalized spacial score (nSPS) is 15.4. The number of ether oxygens (including phenoxy) is 1. The first-order chi connectivity index (χ1) is 17.0. The third-order valence-electron chi connectivity index (χ3n) is 6.06. The second kappa shape index (κ2) is 10.1. The number of alkyl halides is 2. The Morgan fingerprint density at radius 3 is 2.53 bits per heavy atom. The Balaban J connectivity index is 1.40. The minimum Gasteiger partial charge on any atom is -0.499 e. The maximum atomic E-state index is 13.4. The molecule has 3 aromatic rings. The van der Waals surface area contributed by atoms with Gasteiger partial charge in [0.1, 0.15) is 5.75 Å². The minimum absolute atomic E-state index is 0.120. The minimum atomic E-state index is -2.63. The molecule has 3 N–H and O–H groups in total. The molecule has 11 heteroatoms. The standard InChI is InChI=1S/C25H26B2F2N4O3/c26-25(27,36-21-10-18(22(30)34)12-31-13-21)19-2-1-3-20(11-19)32-23(35)17-6-4-16(5-7-17)14-33-9-8-24(28,29)15-33/h1-7,10-13H,8-9,14-15,26-27H2,(H2,30,34)(H,32,35). The highest BCUT2D eigenvalue weighted by atomic mass is 19.3. The van der Waals surface area contributed by atoms with E-state index in [0.717, 1.165) is 11.1 Å². The molecule has 1 saturated heterocycles. The Morgan fingerprint density at radius 1 is 1.11 bits per heavy atom. The van der Waals surface area contributed by atoms with Gasteiger partial charge in [0.25, 0.3) is 11.8 Å². The molecule has 7 nitrogen and oxygen atoms in total. The van der Waals surface area contributed by atoms with E-state index >= 15 is 0 Å².